The molecular weight excluding hydrogens is 390 g/mol. The van der Waals surface area contributed by atoms with Crippen LogP contribution in [0, 0.1) is 5.41 Å². The SMILES string of the molecule is N=C(CC(NC(=O)c1cc(-c2ccccc2)n[nH]1)C1=C(O)CCC=C1)c1cccnc1. The molecule has 1 aliphatic carbocycles. The van der Waals surface area contributed by atoms with Crippen LogP contribution in [-0.2, 0) is 0 Å². The fourth-order valence-electron chi connectivity index (χ4n) is 3.52. The fourth-order valence-corrected chi connectivity index (χ4v) is 3.52. The number of amides is 1. The maximum absolute atomic E-state index is 13.0. The van der Waals surface area contributed by atoms with Crippen LogP contribution < -0.4 is 5.32 Å². The molecular formula is C24H23N5O2. The molecule has 0 spiro atoms. The number of H-pyrrole nitrogens is 1. The third-order valence-corrected chi connectivity index (χ3v) is 5.17. The van der Waals surface area contributed by atoms with Crippen molar-refractivity contribution in [2.75, 3.05) is 0 Å². The third-order valence-electron chi connectivity index (χ3n) is 5.17. The van der Waals surface area contributed by atoms with E-state index in [1.165, 1.54) is 0 Å². The number of carbonyl (C=O) groups is 1. The Morgan fingerprint density at radius 1 is 1.23 bits per heavy atom. The monoisotopic (exact) mass is 413 g/mol. The van der Waals surface area contributed by atoms with Crippen LogP contribution in [0.4, 0.5) is 0 Å². The zero-order valence-electron chi connectivity index (χ0n) is 16.9. The summed E-state index contributed by atoms with van der Waals surface area (Å²) >= 11 is 0. The van der Waals surface area contributed by atoms with Crippen molar-refractivity contribution < 1.29 is 9.90 Å². The van der Waals surface area contributed by atoms with Gasteiger partial charge in [-0.25, -0.2) is 0 Å². The number of nitrogens with zero attached hydrogens (tertiary/aromatic N) is 2. The Labute approximate surface area is 180 Å². The molecule has 7 heteroatoms. The molecule has 1 aliphatic rings. The Kier molecular flexibility index (Phi) is 6.03. The number of carbonyl (C=O) groups excluding carboxylic acids is 1. The van der Waals surface area contributed by atoms with Gasteiger partial charge in [0.15, 0.2) is 0 Å². The summed E-state index contributed by atoms with van der Waals surface area (Å²) in [4.78, 5) is 17.0. The first-order chi connectivity index (χ1) is 15.1. The standard InChI is InChI=1S/C24H23N5O2/c25-19(17-9-6-12-26-15-17)13-21(18-10-4-5-11-23(18)30)27-24(31)22-14-20(28-29-22)16-7-2-1-3-8-16/h1-4,6-10,12,14-15,21,25,30H,5,11,13H2,(H,27,31)(H,28,29). The lowest BCUT2D eigenvalue weighted by Gasteiger charge is -2.23. The molecule has 156 valence electrons. The molecule has 4 N–H and O–H groups in total. The van der Waals surface area contributed by atoms with E-state index in [1.807, 2.05) is 42.5 Å². The molecule has 3 aromatic rings. The number of allylic oxidation sites excluding steroid dienone is 2. The van der Waals surface area contributed by atoms with Crippen LogP contribution in [0.25, 0.3) is 11.3 Å². The average Bonchev–Trinajstić information content (AvgIpc) is 3.31. The van der Waals surface area contributed by atoms with Gasteiger partial charge in [-0.15, -0.1) is 0 Å². The van der Waals surface area contributed by atoms with Gasteiger partial charge >= 0.3 is 0 Å². The van der Waals surface area contributed by atoms with E-state index < -0.39 is 6.04 Å². The minimum Gasteiger partial charge on any atom is -0.512 e. The first kappa shape index (κ1) is 20.3. The number of hydrogen-bond donors (Lipinski definition) is 4. The van der Waals surface area contributed by atoms with E-state index in [0.717, 1.165) is 12.0 Å². The van der Waals surface area contributed by atoms with E-state index in [0.29, 0.717) is 34.7 Å². The maximum atomic E-state index is 13.0. The highest BCUT2D eigenvalue weighted by Gasteiger charge is 2.24. The second-order valence-electron chi connectivity index (χ2n) is 7.33. The van der Waals surface area contributed by atoms with Crippen LogP contribution in [0.1, 0.15) is 35.3 Å². The Balaban J connectivity index is 1.56. The number of hydrogen-bond acceptors (Lipinski definition) is 5. The minimum atomic E-state index is -0.555. The molecule has 1 unspecified atom stereocenters. The van der Waals surface area contributed by atoms with Crippen molar-refractivity contribution in [1.29, 1.82) is 5.41 Å². The van der Waals surface area contributed by atoms with Crippen molar-refractivity contribution in [1.82, 2.24) is 20.5 Å². The molecule has 0 radical (unpaired) electrons. The molecule has 0 saturated carbocycles. The molecule has 1 amide bonds. The largest absolute Gasteiger partial charge is 0.512 e. The second kappa shape index (κ2) is 9.21. The number of rotatable bonds is 7. The number of benzene rings is 1. The smallest absolute Gasteiger partial charge is 0.269 e. The van der Waals surface area contributed by atoms with Gasteiger partial charge in [-0.2, -0.15) is 5.10 Å². The third kappa shape index (κ3) is 4.78. The molecule has 1 atom stereocenters. The summed E-state index contributed by atoms with van der Waals surface area (Å²) in [5.74, 6) is -0.112. The van der Waals surface area contributed by atoms with Gasteiger partial charge < -0.3 is 15.8 Å². The summed E-state index contributed by atoms with van der Waals surface area (Å²) < 4.78 is 0. The second-order valence-corrected chi connectivity index (χ2v) is 7.33. The molecule has 31 heavy (non-hydrogen) atoms. The lowest BCUT2D eigenvalue weighted by Crippen LogP contribution is -2.38. The number of aliphatic hydroxyl groups excluding tert-OH is 1. The molecule has 7 nitrogen and oxygen atoms in total. The normalized spacial score (nSPS) is 14.3. The first-order valence-electron chi connectivity index (χ1n) is 10.1. The van der Waals surface area contributed by atoms with Gasteiger partial charge in [0, 0.05) is 47.6 Å². The van der Waals surface area contributed by atoms with E-state index in [-0.39, 0.29) is 18.1 Å². The Bertz CT molecular complexity index is 1130. The van der Waals surface area contributed by atoms with Gasteiger partial charge in [0.25, 0.3) is 5.91 Å². The van der Waals surface area contributed by atoms with Gasteiger partial charge in [-0.3, -0.25) is 14.9 Å². The summed E-state index contributed by atoms with van der Waals surface area (Å²) in [6, 6.07) is 14.3. The molecule has 0 aliphatic heterocycles. The lowest BCUT2D eigenvalue weighted by atomic mass is 9.93. The number of aromatic nitrogens is 3. The van der Waals surface area contributed by atoms with Crippen LogP contribution in [0.15, 0.2) is 84.4 Å². The van der Waals surface area contributed by atoms with Gasteiger partial charge in [-0.1, -0.05) is 48.6 Å². The summed E-state index contributed by atoms with van der Waals surface area (Å²) in [5.41, 5.74) is 3.52. The van der Waals surface area contributed by atoms with E-state index in [2.05, 4.69) is 20.5 Å². The number of pyridine rings is 1. The topological polar surface area (TPSA) is 115 Å². The predicted octanol–water partition coefficient (Wildman–Crippen LogP) is 4.19. The first-order valence-corrected chi connectivity index (χ1v) is 10.1. The minimum absolute atomic E-state index is 0.223. The predicted molar refractivity (Wildman–Crippen MR) is 119 cm³/mol. The van der Waals surface area contributed by atoms with Gasteiger partial charge in [0.05, 0.1) is 17.5 Å². The van der Waals surface area contributed by atoms with Crippen LogP contribution in [0.3, 0.4) is 0 Å². The van der Waals surface area contributed by atoms with Crippen molar-refractivity contribution in [3.05, 3.63) is 95.7 Å². The van der Waals surface area contributed by atoms with Gasteiger partial charge in [-0.05, 0) is 18.6 Å². The van der Waals surface area contributed by atoms with Crippen molar-refractivity contribution in [2.24, 2.45) is 0 Å². The highest BCUT2D eigenvalue weighted by molar-refractivity contribution is 5.99. The van der Waals surface area contributed by atoms with Crippen molar-refractivity contribution >= 4 is 11.6 Å². The summed E-state index contributed by atoms with van der Waals surface area (Å²) in [6.45, 7) is 0. The highest BCUT2D eigenvalue weighted by atomic mass is 16.3. The van der Waals surface area contributed by atoms with Crippen molar-refractivity contribution in [3.63, 3.8) is 0 Å². The molecule has 0 fully saturated rings. The zero-order chi connectivity index (χ0) is 21.6. The Morgan fingerprint density at radius 3 is 2.81 bits per heavy atom. The van der Waals surface area contributed by atoms with Crippen LogP contribution in [0.2, 0.25) is 0 Å². The van der Waals surface area contributed by atoms with Crippen LogP contribution in [-0.4, -0.2) is 37.9 Å². The molecule has 2 heterocycles. The van der Waals surface area contributed by atoms with Crippen LogP contribution >= 0.6 is 0 Å². The van der Waals surface area contributed by atoms with E-state index in [9.17, 15) is 9.90 Å². The number of aromatic amines is 1. The molecule has 2 aromatic heterocycles. The highest BCUT2D eigenvalue weighted by Crippen LogP contribution is 2.23. The summed E-state index contributed by atoms with van der Waals surface area (Å²) in [7, 11) is 0. The number of aliphatic hydroxyl groups is 1. The van der Waals surface area contributed by atoms with E-state index >= 15 is 0 Å². The Morgan fingerprint density at radius 2 is 2.06 bits per heavy atom. The molecule has 0 bridgehead atoms. The van der Waals surface area contributed by atoms with Crippen LogP contribution in [0.5, 0.6) is 0 Å². The molecule has 1 aromatic carbocycles. The average molecular weight is 413 g/mol. The van der Waals surface area contributed by atoms with E-state index in [1.54, 1.807) is 30.6 Å². The van der Waals surface area contributed by atoms with Crippen molar-refractivity contribution in [3.8, 4) is 11.3 Å². The summed E-state index contributed by atoms with van der Waals surface area (Å²) in [5, 5.41) is 28.9. The molecule has 0 saturated heterocycles. The molecule has 4 rings (SSSR count). The zero-order valence-corrected chi connectivity index (χ0v) is 16.9. The number of nitrogens with one attached hydrogen (secondary N) is 3. The lowest BCUT2D eigenvalue weighted by molar-refractivity contribution is 0.0938. The van der Waals surface area contributed by atoms with Gasteiger partial charge in [0.1, 0.15) is 5.69 Å². The maximum Gasteiger partial charge on any atom is 0.269 e. The Hall–Kier alpha value is -4.00. The van der Waals surface area contributed by atoms with Crippen molar-refractivity contribution in [2.45, 2.75) is 25.3 Å². The quantitative estimate of drug-likeness (QED) is 0.435. The summed E-state index contributed by atoms with van der Waals surface area (Å²) in [6.07, 6.45) is 8.54. The van der Waals surface area contributed by atoms with E-state index in [4.69, 9.17) is 5.41 Å². The fraction of sp³-hybridized carbons (Fsp3) is 0.167. The van der Waals surface area contributed by atoms with Gasteiger partial charge in [0.2, 0.25) is 0 Å².